The average Bonchev–Trinajstić information content (AvgIpc) is 3.63. The van der Waals surface area contributed by atoms with Crippen molar-refractivity contribution in [2.75, 3.05) is 6.54 Å². The molecule has 2 aromatic carbocycles. The summed E-state index contributed by atoms with van der Waals surface area (Å²) in [7, 11) is -3.83. The Morgan fingerprint density at radius 1 is 1.16 bits per heavy atom. The molecule has 4 aromatic rings. The van der Waals surface area contributed by atoms with Crippen LogP contribution in [0.15, 0.2) is 83.4 Å². The summed E-state index contributed by atoms with van der Waals surface area (Å²) in [4.78, 5) is 16.6. The fourth-order valence-corrected chi connectivity index (χ4v) is 9.78. The van der Waals surface area contributed by atoms with E-state index in [1.165, 1.54) is 0 Å². The number of ether oxygens (including phenoxy) is 1. The first kappa shape index (κ1) is 35.8. The molecule has 2 aromatic heterocycles. The molecule has 0 saturated heterocycles. The van der Waals surface area contributed by atoms with E-state index >= 15 is 0 Å². The number of thiophene rings is 1. The van der Waals surface area contributed by atoms with E-state index < -0.39 is 15.4 Å². The van der Waals surface area contributed by atoms with Gasteiger partial charge in [-0.05, 0) is 92.6 Å². The molecule has 0 saturated carbocycles. The van der Waals surface area contributed by atoms with E-state index in [1.807, 2.05) is 70.5 Å². The predicted molar refractivity (Wildman–Crippen MR) is 200 cm³/mol. The second-order valence-corrected chi connectivity index (χ2v) is 17.1. The van der Waals surface area contributed by atoms with Crippen molar-refractivity contribution in [3.8, 4) is 5.75 Å². The third-order valence-corrected chi connectivity index (χ3v) is 13.0. The quantitative estimate of drug-likeness (QED) is 0.190. The molecule has 0 fully saturated rings. The van der Waals surface area contributed by atoms with Gasteiger partial charge in [0, 0.05) is 34.5 Å². The van der Waals surface area contributed by atoms with Crippen LogP contribution in [0, 0.1) is 25.2 Å². The van der Waals surface area contributed by atoms with E-state index in [2.05, 4.69) is 46.8 Å². The smallest absolute Gasteiger partial charge is 0.247 e. The van der Waals surface area contributed by atoms with Gasteiger partial charge in [0.15, 0.2) is 0 Å². The zero-order valence-corrected chi connectivity index (χ0v) is 31.6. The summed E-state index contributed by atoms with van der Waals surface area (Å²) in [6, 6.07) is 13.1. The number of para-hydroxylation sites is 1. The molecular formula is C39H47N5O4S2. The summed E-state index contributed by atoms with van der Waals surface area (Å²) < 4.78 is 37.6. The number of amides is 1. The third kappa shape index (κ3) is 6.83. The van der Waals surface area contributed by atoms with Crippen LogP contribution in [-0.2, 0) is 27.9 Å². The van der Waals surface area contributed by atoms with E-state index in [4.69, 9.17) is 4.74 Å². The molecule has 50 heavy (non-hydrogen) atoms. The number of carbonyl (C=O) groups excluding carboxylic acids is 1. The molecule has 6 rings (SSSR count). The maximum absolute atomic E-state index is 14.4. The van der Waals surface area contributed by atoms with Crippen molar-refractivity contribution in [1.82, 2.24) is 24.6 Å². The number of benzene rings is 2. The van der Waals surface area contributed by atoms with Crippen LogP contribution >= 0.6 is 11.3 Å². The molecule has 1 N–H and O–H groups in total. The van der Waals surface area contributed by atoms with Crippen LogP contribution in [0.2, 0.25) is 0 Å². The first-order valence-electron chi connectivity index (χ1n) is 17.4. The molecule has 3 atom stereocenters. The number of hydrogen-bond donors (Lipinski definition) is 1. The molecule has 1 amide bonds. The van der Waals surface area contributed by atoms with Crippen LogP contribution in [0.5, 0.6) is 5.75 Å². The van der Waals surface area contributed by atoms with Gasteiger partial charge in [-0.1, -0.05) is 69.3 Å². The molecule has 0 bridgehead atoms. The highest BCUT2D eigenvalue weighted by atomic mass is 32.2. The first-order valence-corrected chi connectivity index (χ1v) is 19.6. The molecule has 1 aliphatic heterocycles. The standard InChI is InChI=1S/C39H47N5O4S2/c1-8-30-24-43(50(46,47)35-19-11-10-18-33(35)48-30)23-28-22-34(49-27(28)5)36(31-20-21-32-37(26(31)4)41-42-44(32)9-2)39(6,7)38(45)40-29-16-12-14-25(3)15-13-17-29/h10-14,16-22,25,30,36H,8-9,15,23-24H2,1-7H3,(H,40,45)/b14-12-,17-13+,29-16+/t25?,30-,36-/m1/s1. The molecule has 0 radical (unpaired) electrons. The minimum absolute atomic E-state index is 0.112. The van der Waals surface area contributed by atoms with Gasteiger partial charge in [-0.25, -0.2) is 13.1 Å². The Bertz CT molecular complexity index is 2110. The number of aromatic nitrogens is 3. The van der Waals surface area contributed by atoms with E-state index in [0.717, 1.165) is 49.6 Å². The third-order valence-electron chi connectivity index (χ3n) is 9.97. The summed E-state index contributed by atoms with van der Waals surface area (Å²) >= 11 is 1.61. The largest absolute Gasteiger partial charge is 0.488 e. The van der Waals surface area contributed by atoms with E-state index in [0.29, 0.717) is 24.6 Å². The number of allylic oxidation sites excluding steroid dienone is 5. The molecule has 9 nitrogen and oxygen atoms in total. The van der Waals surface area contributed by atoms with Crippen LogP contribution < -0.4 is 10.1 Å². The lowest BCUT2D eigenvalue weighted by Gasteiger charge is -2.34. The molecule has 11 heteroatoms. The van der Waals surface area contributed by atoms with Crippen LogP contribution in [0.25, 0.3) is 11.0 Å². The topological polar surface area (TPSA) is 106 Å². The Morgan fingerprint density at radius 3 is 2.70 bits per heavy atom. The highest BCUT2D eigenvalue weighted by Crippen LogP contribution is 2.47. The molecule has 3 heterocycles. The lowest BCUT2D eigenvalue weighted by Crippen LogP contribution is -2.41. The summed E-state index contributed by atoms with van der Waals surface area (Å²) in [5, 5.41) is 12.1. The normalized spacial score (nSPS) is 22.3. The van der Waals surface area contributed by atoms with Crippen molar-refractivity contribution >= 4 is 38.3 Å². The number of rotatable bonds is 9. The predicted octanol–water partition coefficient (Wildman–Crippen LogP) is 7.80. The minimum atomic E-state index is -3.83. The van der Waals surface area contributed by atoms with Crippen molar-refractivity contribution < 1.29 is 17.9 Å². The monoisotopic (exact) mass is 713 g/mol. The van der Waals surface area contributed by atoms with Gasteiger partial charge in [0.05, 0.1) is 17.5 Å². The Kier molecular flexibility index (Phi) is 10.2. The van der Waals surface area contributed by atoms with E-state index in [1.54, 1.807) is 39.9 Å². The molecule has 264 valence electrons. The first-order chi connectivity index (χ1) is 23.8. The molecule has 1 aliphatic carbocycles. The summed E-state index contributed by atoms with van der Waals surface area (Å²) in [5.41, 5.74) is 4.44. The second kappa shape index (κ2) is 14.3. The minimum Gasteiger partial charge on any atom is -0.488 e. The highest BCUT2D eigenvalue weighted by Gasteiger charge is 2.42. The number of aryl methyl sites for hydroxylation is 3. The lowest BCUT2D eigenvalue weighted by molar-refractivity contribution is -0.129. The second-order valence-electron chi connectivity index (χ2n) is 13.9. The summed E-state index contributed by atoms with van der Waals surface area (Å²) in [6.07, 6.45) is 11.4. The number of fused-ring (bicyclic) bond motifs is 2. The molecule has 2 aliphatic rings. The fourth-order valence-electron chi connectivity index (χ4n) is 6.86. The lowest BCUT2D eigenvalue weighted by atomic mass is 9.72. The Morgan fingerprint density at radius 2 is 1.94 bits per heavy atom. The van der Waals surface area contributed by atoms with Crippen LogP contribution in [0.1, 0.15) is 79.8 Å². The van der Waals surface area contributed by atoms with Gasteiger partial charge >= 0.3 is 0 Å². The van der Waals surface area contributed by atoms with Crippen LogP contribution in [-0.4, -0.2) is 46.3 Å². The van der Waals surface area contributed by atoms with Gasteiger partial charge in [-0.3, -0.25) is 4.79 Å². The number of carbonyl (C=O) groups is 1. The fraction of sp³-hybridized carbons (Fsp3) is 0.410. The number of sulfonamides is 1. The number of nitrogens with zero attached hydrogens (tertiary/aromatic N) is 4. The van der Waals surface area contributed by atoms with E-state index in [9.17, 15) is 13.2 Å². The molecular weight excluding hydrogens is 667 g/mol. The van der Waals surface area contributed by atoms with Gasteiger partial charge < -0.3 is 10.1 Å². The van der Waals surface area contributed by atoms with Crippen molar-refractivity contribution in [3.05, 3.63) is 105 Å². The number of nitrogens with one attached hydrogen (secondary N) is 1. The highest BCUT2D eigenvalue weighted by molar-refractivity contribution is 7.89. The molecule has 0 spiro atoms. The van der Waals surface area contributed by atoms with Crippen molar-refractivity contribution in [1.29, 1.82) is 0 Å². The van der Waals surface area contributed by atoms with Crippen LogP contribution in [0.4, 0.5) is 0 Å². The zero-order chi connectivity index (χ0) is 35.8. The summed E-state index contributed by atoms with van der Waals surface area (Å²) in [5.74, 6) is 0.347. The summed E-state index contributed by atoms with van der Waals surface area (Å²) in [6.45, 7) is 15.4. The maximum Gasteiger partial charge on any atom is 0.247 e. The Hall–Kier alpha value is -4.06. The van der Waals surface area contributed by atoms with Gasteiger partial charge in [-0.2, -0.15) is 4.31 Å². The van der Waals surface area contributed by atoms with Gasteiger partial charge in [0.25, 0.3) is 0 Å². The Balaban J connectivity index is 1.42. The van der Waals surface area contributed by atoms with Crippen molar-refractivity contribution in [2.45, 2.75) is 91.3 Å². The van der Waals surface area contributed by atoms with Gasteiger partial charge in [0.1, 0.15) is 22.3 Å². The van der Waals surface area contributed by atoms with Gasteiger partial charge in [-0.15, -0.1) is 16.4 Å². The SMILES string of the molecule is CC[C@@H]1CN(Cc2cc([C@@H](c3ccc4c(nnn4CC)c3C)C(C)(C)C(=O)NC3=C/C=C\C(C)C\C=C\3)sc2C)S(=O)(=O)c2ccccc2O1. The van der Waals surface area contributed by atoms with Crippen LogP contribution in [0.3, 0.4) is 0 Å². The van der Waals surface area contributed by atoms with Crippen molar-refractivity contribution in [2.24, 2.45) is 11.3 Å². The average molecular weight is 714 g/mol. The maximum atomic E-state index is 14.4. The van der Waals surface area contributed by atoms with Crippen molar-refractivity contribution in [3.63, 3.8) is 0 Å². The number of hydrogen-bond acceptors (Lipinski definition) is 7. The molecule has 1 unspecified atom stereocenters. The van der Waals surface area contributed by atoms with E-state index in [-0.39, 0.29) is 35.9 Å². The zero-order valence-electron chi connectivity index (χ0n) is 29.9. The Labute approximate surface area is 299 Å². The van der Waals surface area contributed by atoms with Gasteiger partial charge in [0.2, 0.25) is 15.9 Å².